The highest BCUT2D eigenvalue weighted by Crippen LogP contribution is 2.23. The Kier molecular flexibility index (Phi) is 5.64. The number of rotatable bonds is 5. The van der Waals surface area contributed by atoms with Gasteiger partial charge >= 0.3 is 5.97 Å². The molecular weight excluding hydrogens is 340 g/mol. The molecule has 2 heterocycles. The third kappa shape index (κ3) is 4.15. The highest BCUT2D eigenvalue weighted by Gasteiger charge is 2.29. The van der Waals surface area contributed by atoms with Crippen molar-refractivity contribution in [1.82, 2.24) is 8.87 Å². The van der Waals surface area contributed by atoms with E-state index in [9.17, 15) is 13.2 Å². The van der Waals surface area contributed by atoms with Gasteiger partial charge in [-0.05, 0) is 44.1 Å². The zero-order chi connectivity index (χ0) is 17.9. The molecule has 0 spiro atoms. The van der Waals surface area contributed by atoms with Crippen LogP contribution in [0.2, 0.25) is 0 Å². The van der Waals surface area contributed by atoms with E-state index in [1.807, 2.05) is 0 Å². The molecule has 1 fully saturated rings. The molecule has 3 rings (SSSR count). The summed E-state index contributed by atoms with van der Waals surface area (Å²) in [6.07, 6.45) is 11.6. The smallest absolute Gasteiger partial charge is 0.354 e. The SMILES string of the molecule is Cn1cc(S(=O)(=O)N2CCCCC2)cc1C(=O)OCC1CC=CCC1. The van der Waals surface area contributed by atoms with E-state index >= 15 is 0 Å². The average Bonchev–Trinajstić information content (AvgIpc) is 3.04. The molecule has 138 valence electrons. The Morgan fingerprint density at radius 1 is 1.24 bits per heavy atom. The minimum atomic E-state index is -3.54. The van der Waals surface area contributed by atoms with Gasteiger partial charge in [0, 0.05) is 26.3 Å². The predicted octanol–water partition coefficient (Wildman–Crippen LogP) is 2.71. The first-order chi connectivity index (χ1) is 12.0. The first-order valence-corrected chi connectivity index (χ1v) is 10.4. The number of aryl methyl sites for hydroxylation is 1. The Morgan fingerprint density at radius 2 is 2.00 bits per heavy atom. The molecule has 1 aromatic rings. The predicted molar refractivity (Wildman–Crippen MR) is 94.8 cm³/mol. The second-order valence-corrected chi connectivity index (χ2v) is 8.82. The number of carbonyl (C=O) groups is 1. The van der Waals surface area contributed by atoms with Crippen LogP contribution >= 0.6 is 0 Å². The number of esters is 1. The van der Waals surface area contributed by atoms with Crippen molar-refractivity contribution in [1.29, 1.82) is 0 Å². The van der Waals surface area contributed by atoms with Gasteiger partial charge in [-0.3, -0.25) is 0 Å². The van der Waals surface area contributed by atoms with E-state index < -0.39 is 16.0 Å². The van der Waals surface area contributed by atoms with Crippen molar-refractivity contribution in [3.63, 3.8) is 0 Å². The highest BCUT2D eigenvalue weighted by molar-refractivity contribution is 7.89. The summed E-state index contributed by atoms with van der Waals surface area (Å²) in [4.78, 5) is 12.5. The zero-order valence-electron chi connectivity index (χ0n) is 14.7. The fourth-order valence-electron chi connectivity index (χ4n) is 3.41. The summed E-state index contributed by atoms with van der Waals surface area (Å²) in [6, 6.07) is 1.44. The van der Waals surface area contributed by atoms with Crippen LogP contribution in [0.3, 0.4) is 0 Å². The number of sulfonamides is 1. The van der Waals surface area contributed by atoms with Crippen LogP contribution < -0.4 is 0 Å². The van der Waals surface area contributed by atoms with Crippen LogP contribution in [0.1, 0.15) is 49.0 Å². The van der Waals surface area contributed by atoms with Gasteiger partial charge in [0.15, 0.2) is 0 Å². The van der Waals surface area contributed by atoms with Gasteiger partial charge in [-0.1, -0.05) is 18.6 Å². The van der Waals surface area contributed by atoms with Gasteiger partial charge < -0.3 is 9.30 Å². The maximum atomic E-state index is 12.7. The molecule has 1 aliphatic carbocycles. The summed E-state index contributed by atoms with van der Waals surface area (Å²) in [5.74, 6) is -0.108. The first-order valence-electron chi connectivity index (χ1n) is 8.97. The van der Waals surface area contributed by atoms with E-state index in [2.05, 4.69) is 12.2 Å². The Morgan fingerprint density at radius 3 is 2.68 bits per heavy atom. The Balaban J connectivity index is 1.68. The van der Waals surface area contributed by atoms with Gasteiger partial charge in [0.1, 0.15) is 10.6 Å². The molecular formula is C18H26N2O4S. The lowest BCUT2D eigenvalue weighted by molar-refractivity contribution is 0.0421. The van der Waals surface area contributed by atoms with Crippen LogP contribution in [0.25, 0.3) is 0 Å². The summed E-state index contributed by atoms with van der Waals surface area (Å²) in [7, 11) is -1.86. The number of allylic oxidation sites excluding steroid dienone is 2. The maximum absolute atomic E-state index is 12.7. The van der Waals surface area contributed by atoms with Crippen molar-refractivity contribution in [2.24, 2.45) is 13.0 Å². The van der Waals surface area contributed by atoms with E-state index in [1.54, 1.807) is 11.6 Å². The molecule has 25 heavy (non-hydrogen) atoms. The molecule has 2 aliphatic rings. The topological polar surface area (TPSA) is 68.6 Å². The van der Waals surface area contributed by atoms with E-state index in [0.717, 1.165) is 38.5 Å². The monoisotopic (exact) mass is 366 g/mol. The lowest BCUT2D eigenvalue weighted by Crippen LogP contribution is -2.35. The lowest BCUT2D eigenvalue weighted by atomic mass is 9.95. The summed E-state index contributed by atoms with van der Waals surface area (Å²) in [6.45, 7) is 1.47. The number of nitrogens with zero attached hydrogens (tertiary/aromatic N) is 2. The molecule has 6 nitrogen and oxygen atoms in total. The molecule has 0 bridgehead atoms. The number of ether oxygens (including phenoxy) is 1. The molecule has 0 aromatic carbocycles. The molecule has 1 aromatic heterocycles. The summed E-state index contributed by atoms with van der Waals surface area (Å²) >= 11 is 0. The minimum Gasteiger partial charge on any atom is -0.461 e. The van der Waals surface area contributed by atoms with Crippen molar-refractivity contribution >= 4 is 16.0 Å². The van der Waals surface area contributed by atoms with Crippen molar-refractivity contribution in [3.05, 3.63) is 30.1 Å². The molecule has 1 saturated heterocycles. The number of piperidine rings is 1. The Hall–Kier alpha value is -1.60. The molecule has 1 unspecified atom stereocenters. The third-order valence-electron chi connectivity index (χ3n) is 4.97. The molecule has 0 saturated carbocycles. The van der Waals surface area contributed by atoms with Crippen LogP contribution in [0.4, 0.5) is 0 Å². The van der Waals surface area contributed by atoms with Gasteiger partial charge in [0.25, 0.3) is 0 Å². The van der Waals surface area contributed by atoms with Crippen molar-refractivity contribution in [2.75, 3.05) is 19.7 Å². The van der Waals surface area contributed by atoms with Gasteiger partial charge in [-0.2, -0.15) is 4.31 Å². The van der Waals surface area contributed by atoms with Crippen molar-refractivity contribution in [2.45, 2.75) is 43.4 Å². The molecule has 0 N–H and O–H groups in total. The maximum Gasteiger partial charge on any atom is 0.354 e. The van der Waals surface area contributed by atoms with E-state index in [-0.39, 0.29) is 10.6 Å². The Bertz CT molecular complexity index is 745. The largest absolute Gasteiger partial charge is 0.461 e. The summed E-state index contributed by atoms with van der Waals surface area (Å²) < 4.78 is 33.9. The van der Waals surface area contributed by atoms with E-state index in [0.29, 0.717) is 25.6 Å². The normalized spacial score (nSPS) is 22.0. The molecule has 0 amide bonds. The molecule has 7 heteroatoms. The average molecular weight is 366 g/mol. The lowest BCUT2D eigenvalue weighted by Gasteiger charge is -2.25. The Labute approximate surface area is 149 Å². The number of hydrogen-bond donors (Lipinski definition) is 0. The molecule has 1 atom stereocenters. The fraction of sp³-hybridized carbons (Fsp3) is 0.611. The number of carbonyl (C=O) groups excluding carboxylic acids is 1. The molecule has 1 aliphatic heterocycles. The van der Waals surface area contributed by atoms with Crippen LogP contribution in [0.15, 0.2) is 29.3 Å². The second-order valence-electron chi connectivity index (χ2n) is 6.89. The fourth-order valence-corrected chi connectivity index (χ4v) is 5.00. The van der Waals surface area contributed by atoms with Crippen LogP contribution in [0.5, 0.6) is 0 Å². The van der Waals surface area contributed by atoms with Crippen LogP contribution in [-0.4, -0.2) is 43.0 Å². The summed E-state index contributed by atoms with van der Waals surface area (Å²) in [5.41, 5.74) is 0.280. The van der Waals surface area contributed by atoms with E-state index in [1.165, 1.54) is 16.6 Å². The van der Waals surface area contributed by atoms with Gasteiger partial charge in [-0.15, -0.1) is 0 Å². The van der Waals surface area contributed by atoms with Crippen molar-refractivity contribution < 1.29 is 17.9 Å². The van der Waals surface area contributed by atoms with E-state index in [4.69, 9.17) is 4.74 Å². The van der Waals surface area contributed by atoms with Gasteiger partial charge in [0.2, 0.25) is 10.0 Å². The number of aromatic nitrogens is 1. The van der Waals surface area contributed by atoms with Crippen LogP contribution in [-0.2, 0) is 21.8 Å². The second kappa shape index (κ2) is 7.74. The standard InChI is InChI=1S/C18H26N2O4S/c1-19-13-16(25(22,23)20-10-6-3-7-11-20)12-17(19)18(21)24-14-15-8-4-2-5-9-15/h2,4,12-13,15H,3,5-11,14H2,1H3. The van der Waals surface area contributed by atoms with Crippen LogP contribution in [0, 0.1) is 5.92 Å². The highest BCUT2D eigenvalue weighted by atomic mass is 32.2. The number of hydrogen-bond acceptors (Lipinski definition) is 4. The quantitative estimate of drug-likeness (QED) is 0.593. The van der Waals surface area contributed by atoms with Gasteiger partial charge in [-0.25, -0.2) is 13.2 Å². The summed E-state index contributed by atoms with van der Waals surface area (Å²) in [5, 5.41) is 0. The minimum absolute atomic E-state index is 0.171. The van der Waals surface area contributed by atoms with Gasteiger partial charge in [0.05, 0.1) is 6.61 Å². The first kappa shape index (κ1) is 18.2. The third-order valence-corrected chi connectivity index (χ3v) is 6.83. The zero-order valence-corrected chi connectivity index (χ0v) is 15.5. The van der Waals surface area contributed by atoms with Crippen molar-refractivity contribution in [3.8, 4) is 0 Å². The molecule has 0 radical (unpaired) electrons.